The first-order chi connectivity index (χ1) is 10.1. The Bertz CT molecular complexity index is 588. The number of nitrogens with two attached hydrogens (primary N) is 1. The van der Waals surface area contributed by atoms with E-state index in [0.29, 0.717) is 12.5 Å². The molecule has 1 amide bonds. The number of ether oxygens (including phenoxy) is 1. The first kappa shape index (κ1) is 13.7. The van der Waals surface area contributed by atoms with Crippen LogP contribution in [0.25, 0.3) is 0 Å². The third-order valence-corrected chi connectivity index (χ3v) is 3.88. The Kier molecular flexibility index (Phi) is 3.46. The predicted octanol–water partition coefficient (Wildman–Crippen LogP) is 0.869. The maximum Gasteiger partial charge on any atom is 0.300 e. The van der Waals surface area contributed by atoms with Gasteiger partial charge in [-0.25, -0.2) is 4.98 Å². The maximum absolute atomic E-state index is 12.3. The number of anilines is 1. The number of aromatic nitrogens is 1. The topological polar surface area (TPSA) is 120 Å². The van der Waals surface area contributed by atoms with Gasteiger partial charge in [0.25, 0.3) is 11.6 Å². The largest absolute Gasteiger partial charge is 0.384 e. The fourth-order valence-electron chi connectivity index (χ4n) is 2.69. The lowest BCUT2D eigenvalue weighted by molar-refractivity contribution is -0.385. The number of amides is 1. The molecule has 2 aliphatic rings. The third-order valence-electron chi connectivity index (χ3n) is 3.88. The van der Waals surface area contributed by atoms with Gasteiger partial charge in [0.05, 0.1) is 17.1 Å². The van der Waals surface area contributed by atoms with E-state index in [1.165, 1.54) is 6.07 Å². The molecule has 21 heavy (non-hydrogen) atoms. The van der Waals surface area contributed by atoms with Gasteiger partial charge in [-0.15, -0.1) is 0 Å². The minimum absolute atomic E-state index is 0.0205. The summed E-state index contributed by atoms with van der Waals surface area (Å²) >= 11 is 0. The molecule has 3 rings (SSSR count). The summed E-state index contributed by atoms with van der Waals surface area (Å²) in [7, 11) is 0. The fourth-order valence-corrected chi connectivity index (χ4v) is 2.69. The van der Waals surface area contributed by atoms with Gasteiger partial charge in [0.2, 0.25) is 0 Å². The number of carbonyl (C=O) groups is 1. The standard InChI is InChI=1S/C13H16N4O4/c14-11-5-8(10(6-15-11)17(19)20)13(18)16-9-3-4-21-12(9)7-1-2-7/h5-7,9,12H,1-4H2,(H2,14,15)(H,16,18). The molecule has 1 aromatic rings. The molecule has 2 atom stereocenters. The van der Waals surface area contributed by atoms with Crippen molar-refractivity contribution in [1.82, 2.24) is 10.3 Å². The Morgan fingerprint density at radius 3 is 2.90 bits per heavy atom. The minimum atomic E-state index is -0.634. The van der Waals surface area contributed by atoms with Gasteiger partial charge in [0, 0.05) is 6.61 Å². The van der Waals surface area contributed by atoms with Gasteiger partial charge in [-0.1, -0.05) is 0 Å². The molecule has 0 spiro atoms. The van der Waals surface area contributed by atoms with Gasteiger partial charge < -0.3 is 15.8 Å². The van der Waals surface area contributed by atoms with E-state index in [1.54, 1.807) is 0 Å². The highest BCUT2D eigenvalue weighted by atomic mass is 16.6. The number of nitrogen functional groups attached to an aromatic ring is 1. The van der Waals surface area contributed by atoms with Gasteiger partial charge in [-0.3, -0.25) is 14.9 Å². The lowest BCUT2D eigenvalue weighted by atomic mass is 10.1. The second-order valence-corrected chi connectivity index (χ2v) is 5.42. The number of pyridine rings is 1. The molecule has 3 N–H and O–H groups in total. The van der Waals surface area contributed by atoms with Gasteiger partial charge in [0.1, 0.15) is 17.6 Å². The number of hydrogen-bond acceptors (Lipinski definition) is 6. The molecule has 2 unspecified atom stereocenters. The van der Waals surface area contributed by atoms with E-state index in [4.69, 9.17) is 10.5 Å². The van der Waals surface area contributed by atoms with E-state index in [0.717, 1.165) is 25.5 Å². The molecule has 1 saturated heterocycles. The lowest BCUT2D eigenvalue weighted by Crippen LogP contribution is -2.41. The van der Waals surface area contributed by atoms with Crippen LogP contribution in [0.2, 0.25) is 0 Å². The highest BCUT2D eigenvalue weighted by Crippen LogP contribution is 2.38. The van der Waals surface area contributed by atoms with E-state index in [9.17, 15) is 14.9 Å². The smallest absolute Gasteiger partial charge is 0.300 e. The fraction of sp³-hybridized carbons (Fsp3) is 0.538. The number of carbonyl (C=O) groups excluding carboxylic acids is 1. The van der Waals surface area contributed by atoms with E-state index >= 15 is 0 Å². The second kappa shape index (κ2) is 5.28. The van der Waals surface area contributed by atoms with Crippen LogP contribution < -0.4 is 11.1 Å². The van der Waals surface area contributed by atoms with Gasteiger partial charge in [-0.05, 0) is 31.2 Å². The SMILES string of the molecule is Nc1cc(C(=O)NC2CCOC2C2CC2)c([N+](=O)[O-])cn1. The normalized spacial score (nSPS) is 24.8. The number of hydrogen-bond donors (Lipinski definition) is 2. The van der Waals surface area contributed by atoms with Crippen molar-refractivity contribution in [2.75, 3.05) is 12.3 Å². The lowest BCUT2D eigenvalue weighted by Gasteiger charge is -2.19. The summed E-state index contributed by atoms with van der Waals surface area (Å²) in [5.74, 6) is 0.0689. The predicted molar refractivity (Wildman–Crippen MR) is 73.6 cm³/mol. The molecule has 1 saturated carbocycles. The number of nitro groups is 1. The molecular weight excluding hydrogens is 276 g/mol. The van der Waals surface area contributed by atoms with Crippen LogP contribution in [0.4, 0.5) is 11.5 Å². The molecule has 0 aromatic carbocycles. The minimum Gasteiger partial charge on any atom is -0.384 e. The van der Waals surface area contributed by atoms with E-state index < -0.39 is 10.8 Å². The zero-order chi connectivity index (χ0) is 15.0. The van der Waals surface area contributed by atoms with Crippen LogP contribution >= 0.6 is 0 Å². The van der Waals surface area contributed by atoms with Crippen LogP contribution in [0.5, 0.6) is 0 Å². The quantitative estimate of drug-likeness (QED) is 0.627. The molecule has 1 aliphatic heterocycles. The zero-order valence-electron chi connectivity index (χ0n) is 11.3. The number of nitrogens with zero attached hydrogens (tertiary/aromatic N) is 2. The number of nitrogens with one attached hydrogen (secondary N) is 1. The summed E-state index contributed by atoms with van der Waals surface area (Å²) < 4.78 is 5.64. The molecule has 112 valence electrons. The summed E-state index contributed by atoms with van der Waals surface area (Å²) in [4.78, 5) is 26.3. The molecule has 8 nitrogen and oxygen atoms in total. The van der Waals surface area contributed by atoms with Crippen molar-refractivity contribution in [3.05, 3.63) is 27.9 Å². The Morgan fingerprint density at radius 2 is 2.24 bits per heavy atom. The average molecular weight is 292 g/mol. The summed E-state index contributed by atoms with van der Waals surface area (Å²) in [6.45, 7) is 0.604. The van der Waals surface area contributed by atoms with E-state index in [2.05, 4.69) is 10.3 Å². The molecular formula is C13H16N4O4. The van der Waals surface area contributed by atoms with Gasteiger partial charge >= 0.3 is 0 Å². The van der Waals surface area contributed by atoms with Crippen LogP contribution in [0.15, 0.2) is 12.3 Å². The first-order valence-corrected chi connectivity index (χ1v) is 6.88. The zero-order valence-corrected chi connectivity index (χ0v) is 11.3. The van der Waals surface area contributed by atoms with Crippen molar-refractivity contribution in [3.63, 3.8) is 0 Å². The molecule has 8 heteroatoms. The summed E-state index contributed by atoms with van der Waals surface area (Å²) in [6, 6.07) is 1.13. The average Bonchev–Trinajstić information content (AvgIpc) is 3.19. The summed E-state index contributed by atoms with van der Waals surface area (Å²) in [5, 5.41) is 13.8. The van der Waals surface area contributed by atoms with Crippen LogP contribution in [0, 0.1) is 16.0 Å². The monoisotopic (exact) mass is 292 g/mol. The number of rotatable bonds is 4. The highest BCUT2D eigenvalue weighted by Gasteiger charge is 2.41. The van der Waals surface area contributed by atoms with Gasteiger partial charge in [0.15, 0.2) is 0 Å². The molecule has 2 heterocycles. The maximum atomic E-state index is 12.3. The Hall–Kier alpha value is -2.22. The Morgan fingerprint density at radius 1 is 1.48 bits per heavy atom. The van der Waals surface area contributed by atoms with Crippen molar-refractivity contribution in [1.29, 1.82) is 0 Å². The van der Waals surface area contributed by atoms with Crippen molar-refractivity contribution in [2.24, 2.45) is 5.92 Å². The van der Waals surface area contributed by atoms with Crippen LogP contribution in [-0.2, 0) is 4.74 Å². The van der Waals surface area contributed by atoms with Crippen LogP contribution in [0.3, 0.4) is 0 Å². The molecule has 0 bridgehead atoms. The summed E-state index contributed by atoms with van der Waals surface area (Å²) in [5.41, 5.74) is 5.12. The molecule has 2 fully saturated rings. The second-order valence-electron chi connectivity index (χ2n) is 5.42. The summed E-state index contributed by atoms with van der Waals surface area (Å²) in [6.07, 6.45) is 3.97. The molecule has 1 aliphatic carbocycles. The first-order valence-electron chi connectivity index (χ1n) is 6.88. The molecule has 1 aromatic heterocycles. The highest BCUT2D eigenvalue weighted by molar-refractivity contribution is 5.98. The van der Waals surface area contributed by atoms with Crippen LogP contribution in [0.1, 0.15) is 29.6 Å². The van der Waals surface area contributed by atoms with Crippen molar-refractivity contribution in [3.8, 4) is 0 Å². The van der Waals surface area contributed by atoms with Gasteiger partial charge in [-0.2, -0.15) is 0 Å². The van der Waals surface area contributed by atoms with Crippen molar-refractivity contribution in [2.45, 2.75) is 31.4 Å². The van der Waals surface area contributed by atoms with E-state index in [-0.39, 0.29) is 29.2 Å². The van der Waals surface area contributed by atoms with E-state index in [1.807, 2.05) is 0 Å². The Balaban J connectivity index is 1.78. The Labute approximate surface area is 120 Å². The molecule has 0 radical (unpaired) electrons. The van der Waals surface area contributed by atoms with Crippen molar-refractivity contribution >= 4 is 17.4 Å². The van der Waals surface area contributed by atoms with Crippen LogP contribution in [-0.4, -0.2) is 34.6 Å². The van der Waals surface area contributed by atoms with Crippen molar-refractivity contribution < 1.29 is 14.5 Å². The third kappa shape index (κ3) is 2.80.